The molecule has 3 rings (SSSR count). The molecule has 0 bridgehead atoms. The Kier molecular flexibility index (Phi) is 3.63. The second kappa shape index (κ2) is 5.40. The van der Waals surface area contributed by atoms with Gasteiger partial charge in [-0.15, -0.1) is 11.3 Å². The number of aliphatic hydroxyl groups is 1. The summed E-state index contributed by atoms with van der Waals surface area (Å²) in [6.07, 6.45) is 3.33. The molecular weight excluding hydrogens is 262 g/mol. The molecule has 102 valence electrons. The first-order chi connectivity index (χ1) is 9.33. The third kappa shape index (κ3) is 2.56. The van der Waals surface area contributed by atoms with Crippen molar-refractivity contribution in [3.05, 3.63) is 17.8 Å². The topological polar surface area (TPSA) is 67.3 Å². The van der Waals surface area contributed by atoms with Gasteiger partial charge in [-0.1, -0.05) is 0 Å². The summed E-state index contributed by atoms with van der Waals surface area (Å²) in [6.45, 7) is 2.45. The van der Waals surface area contributed by atoms with Crippen molar-refractivity contribution < 1.29 is 9.84 Å². The molecule has 0 spiro atoms. The van der Waals surface area contributed by atoms with Crippen LogP contribution >= 0.6 is 11.3 Å². The van der Waals surface area contributed by atoms with Gasteiger partial charge in [0.1, 0.15) is 17.0 Å². The minimum atomic E-state index is 0.0298. The van der Waals surface area contributed by atoms with Crippen molar-refractivity contribution in [2.24, 2.45) is 5.41 Å². The van der Waals surface area contributed by atoms with Gasteiger partial charge in [-0.05, 0) is 24.3 Å². The molecule has 1 aliphatic rings. The van der Waals surface area contributed by atoms with E-state index in [9.17, 15) is 5.11 Å². The van der Waals surface area contributed by atoms with E-state index in [1.807, 2.05) is 11.4 Å². The van der Waals surface area contributed by atoms with Gasteiger partial charge in [0.05, 0.1) is 12.0 Å². The molecule has 0 saturated carbocycles. The highest BCUT2D eigenvalue weighted by atomic mass is 32.1. The third-order valence-electron chi connectivity index (χ3n) is 3.72. The highest BCUT2D eigenvalue weighted by Gasteiger charge is 2.34. The van der Waals surface area contributed by atoms with E-state index in [4.69, 9.17) is 4.74 Å². The smallest absolute Gasteiger partial charge is 0.138 e. The number of aromatic nitrogens is 2. The highest BCUT2D eigenvalue weighted by molar-refractivity contribution is 7.16. The first kappa shape index (κ1) is 12.8. The Morgan fingerprint density at radius 1 is 1.47 bits per heavy atom. The molecule has 2 N–H and O–H groups in total. The van der Waals surface area contributed by atoms with E-state index in [-0.39, 0.29) is 12.0 Å². The number of aliphatic hydroxyl groups excluding tert-OH is 1. The standard InChI is InChI=1S/C13H17N3O2S/c17-4-2-13(3-5-18-8-13)7-14-11-10-1-6-19-12(10)16-9-15-11/h1,6,9,17H,2-5,7-8H2,(H,14,15,16). The molecule has 0 aliphatic carbocycles. The fourth-order valence-corrected chi connectivity index (χ4v) is 3.25. The normalized spacial score (nSPS) is 23.0. The minimum Gasteiger partial charge on any atom is -0.396 e. The van der Waals surface area contributed by atoms with Crippen LogP contribution in [0.5, 0.6) is 0 Å². The fraction of sp³-hybridized carbons (Fsp3) is 0.538. The second-order valence-corrected chi connectivity index (χ2v) is 5.89. The number of nitrogens with zero attached hydrogens (tertiary/aromatic N) is 2. The number of thiophene rings is 1. The number of nitrogens with one attached hydrogen (secondary N) is 1. The third-order valence-corrected chi connectivity index (χ3v) is 4.54. The van der Waals surface area contributed by atoms with Crippen molar-refractivity contribution in [3.8, 4) is 0 Å². The minimum absolute atomic E-state index is 0.0298. The molecule has 6 heteroatoms. The average molecular weight is 279 g/mol. The van der Waals surface area contributed by atoms with Crippen molar-refractivity contribution in [2.75, 3.05) is 31.7 Å². The number of rotatable bonds is 5. The van der Waals surface area contributed by atoms with E-state index in [0.29, 0.717) is 6.61 Å². The summed E-state index contributed by atoms with van der Waals surface area (Å²) >= 11 is 1.61. The number of anilines is 1. The maximum Gasteiger partial charge on any atom is 0.138 e. The van der Waals surface area contributed by atoms with E-state index in [0.717, 1.165) is 42.0 Å². The molecule has 2 aromatic heterocycles. The molecule has 5 nitrogen and oxygen atoms in total. The number of ether oxygens (including phenoxy) is 1. The van der Waals surface area contributed by atoms with Crippen LogP contribution in [0, 0.1) is 5.41 Å². The van der Waals surface area contributed by atoms with Crippen LogP contribution in [0.15, 0.2) is 17.8 Å². The van der Waals surface area contributed by atoms with Gasteiger partial charge in [-0.3, -0.25) is 0 Å². The Bertz CT molecular complexity index is 552. The molecule has 1 fully saturated rings. The lowest BCUT2D eigenvalue weighted by Crippen LogP contribution is -2.31. The lowest BCUT2D eigenvalue weighted by atomic mass is 9.84. The zero-order valence-electron chi connectivity index (χ0n) is 10.6. The molecule has 1 aliphatic heterocycles. The van der Waals surface area contributed by atoms with Gasteiger partial charge < -0.3 is 15.2 Å². The van der Waals surface area contributed by atoms with Gasteiger partial charge >= 0.3 is 0 Å². The molecule has 1 saturated heterocycles. The Morgan fingerprint density at radius 3 is 3.21 bits per heavy atom. The number of fused-ring (bicyclic) bond motifs is 1. The summed E-state index contributed by atoms with van der Waals surface area (Å²) in [5, 5.41) is 15.7. The SMILES string of the molecule is OCCC1(CNc2ncnc3sccc23)CCOC1. The largest absolute Gasteiger partial charge is 0.396 e. The quantitative estimate of drug-likeness (QED) is 0.875. The average Bonchev–Trinajstić information content (AvgIpc) is 3.06. The zero-order valence-corrected chi connectivity index (χ0v) is 11.4. The van der Waals surface area contributed by atoms with Gasteiger partial charge in [0.15, 0.2) is 0 Å². The summed E-state index contributed by atoms with van der Waals surface area (Å²) in [6, 6.07) is 2.03. The van der Waals surface area contributed by atoms with Gasteiger partial charge in [0.2, 0.25) is 0 Å². The molecule has 0 radical (unpaired) electrons. The van der Waals surface area contributed by atoms with Gasteiger partial charge in [-0.2, -0.15) is 0 Å². The first-order valence-corrected chi connectivity index (χ1v) is 7.32. The molecule has 19 heavy (non-hydrogen) atoms. The predicted molar refractivity (Wildman–Crippen MR) is 75.5 cm³/mol. The molecule has 1 atom stereocenters. The van der Waals surface area contributed by atoms with Crippen molar-refractivity contribution in [2.45, 2.75) is 12.8 Å². The highest BCUT2D eigenvalue weighted by Crippen LogP contribution is 2.33. The zero-order chi connectivity index (χ0) is 13.1. The van der Waals surface area contributed by atoms with E-state index in [1.54, 1.807) is 17.7 Å². The first-order valence-electron chi connectivity index (χ1n) is 6.44. The predicted octanol–water partition coefficient (Wildman–Crippen LogP) is 1.89. The Balaban J connectivity index is 1.76. The maximum atomic E-state index is 9.22. The summed E-state index contributed by atoms with van der Waals surface area (Å²) in [4.78, 5) is 9.55. The lowest BCUT2D eigenvalue weighted by Gasteiger charge is -2.27. The molecule has 1 unspecified atom stereocenters. The van der Waals surface area contributed by atoms with Crippen molar-refractivity contribution >= 4 is 27.4 Å². The number of hydrogen-bond acceptors (Lipinski definition) is 6. The summed E-state index contributed by atoms with van der Waals surface area (Å²) < 4.78 is 5.49. The van der Waals surface area contributed by atoms with Crippen LogP contribution in [0.4, 0.5) is 5.82 Å². The van der Waals surface area contributed by atoms with E-state index >= 15 is 0 Å². The lowest BCUT2D eigenvalue weighted by molar-refractivity contribution is 0.133. The Morgan fingerprint density at radius 2 is 2.42 bits per heavy atom. The maximum absolute atomic E-state index is 9.22. The molecule has 0 aromatic carbocycles. The summed E-state index contributed by atoms with van der Waals surface area (Å²) in [5.74, 6) is 0.871. The summed E-state index contributed by atoms with van der Waals surface area (Å²) in [5.41, 5.74) is 0.0298. The molecule has 0 amide bonds. The van der Waals surface area contributed by atoms with Crippen LogP contribution in [0.25, 0.3) is 10.2 Å². The van der Waals surface area contributed by atoms with Crippen LogP contribution in [-0.4, -0.2) is 41.4 Å². The van der Waals surface area contributed by atoms with Crippen LogP contribution in [0.2, 0.25) is 0 Å². The van der Waals surface area contributed by atoms with E-state index < -0.39 is 0 Å². The van der Waals surface area contributed by atoms with Crippen LogP contribution in [-0.2, 0) is 4.74 Å². The molecule has 2 aromatic rings. The van der Waals surface area contributed by atoms with Crippen molar-refractivity contribution in [1.82, 2.24) is 9.97 Å². The number of hydrogen-bond donors (Lipinski definition) is 2. The Labute approximate surface area is 115 Å². The van der Waals surface area contributed by atoms with Crippen molar-refractivity contribution in [1.29, 1.82) is 0 Å². The second-order valence-electron chi connectivity index (χ2n) is 4.99. The van der Waals surface area contributed by atoms with Gasteiger partial charge in [0.25, 0.3) is 0 Å². The summed E-state index contributed by atoms with van der Waals surface area (Å²) in [7, 11) is 0. The van der Waals surface area contributed by atoms with Gasteiger partial charge in [0, 0.05) is 25.2 Å². The van der Waals surface area contributed by atoms with E-state index in [2.05, 4.69) is 15.3 Å². The van der Waals surface area contributed by atoms with E-state index in [1.165, 1.54) is 0 Å². The van der Waals surface area contributed by atoms with Gasteiger partial charge in [-0.25, -0.2) is 9.97 Å². The van der Waals surface area contributed by atoms with Crippen LogP contribution in [0.3, 0.4) is 0 Å². The molecular formula is C13H17N3O2S. The van der Waals surface area contributed by atoms with Crippen molar-refractivity contribution in [3.63, 3.8) is 0 Å². The Hall–Kier alpha value is -1.24. The fourth-order valence-electron chi connectivity index (χ4n) is 2.51. The van der Waals surface area contributed by atoms with Crippen LogP contribution in [0.1, 0.15) is 12.8 Å². The molecule has 3 heterocycles. The van der Waals surface area contributed by atoms with Crippen LogP contribution < -0.4 is 5.32 Å². The monoisotopic (exact) mass is 279 g/mol.